The van der Waals surface area contributed by atoms with E-state index in [2.05, 4.69) is 31.9 Å². The zero-order chi connectivity index (χ0) is 25.2. The zero-order valence-corrected chi connectivity index (χ0v) is 21.0. The second-order valence-electron chi connectivity index (χ2n) is 8.39. The summed E-state index contributed by atoms with van der Waals surface area (Å²) in [4.78, 5) is 39.1. The zero-order valence-electron chi connectivity index (χ0n) is 20.2. The predicted molar refractivity (Wildman–Crippen MR) is 141 cm³/mol. The molecule has 3 aromatic heterocycles. The Hall–Kier alpha value is -4.05. The summed E-state index contributed by atoms with van der Waals surface area (Å²) in [5, 5.41) is 9.25. The number of nitrogens with zero attached hydrogens (tertiary/aromatic N) is 6. The first-order valence-electron chi connectivity index (χ1n) is 11.6. The molecule has 0 saturated carbocycles. The van der Waals surface area contributed by atoms with Gasteiger partial charge in [0, 0.05) is 29.5 Å². The lowest BCUT2D eigenvalue weighted by atomic mass is 10.1. The van der Waals surface area contributed by atoms with Crippen molar-refractivity contribution in [3.05, 3.63) is 82.3 Å². The highest BCUT2D eigenvalue weighted by molar-refractivity contribution is 7.98. The molecule has 0 aliphatic carbocycles. The van der Waals surface area contributed by atoms with Crippen molar-refractivity contribution < 1.29 is 4.79 Å². The van der Waals surface area contributed by atoms with E-state index in [1.807, 2.05) is 50.2 Å². The van der Waals surface area contributed by atoms with E-state index in [1.54, 1.807) is 18.3 Å². The maximum absolute atomic E-state index is 12.8. The lowest BCUT2D eigenvalue weighted by molar-refractivity contribution is -0.117. The van der Waals surface area contributed by atoms with Gasteiger partial charge in [0.25, 0.3) is 5.56 Å². The molecule has 182 valence electrons. The molecule has 5 aromatic rings. The summed E-state index contributed by atoms with van der Waals surface area (Å²) in [5.74, 6) is 1.21. The van der Waals surface area contributed by atoms with Crippen molar-refractivity contribution in [3.63, 3.8) is 0 Å². The fourth-order valence-electron chi connectivity index (χ4n) is 4.19. The molecule has 9 nitrogen and oxygen atoms in total. The van der Waals surface area contributed by atoms with E-state index in [0.29, 0.717) is 27.7 Å². The van der Waals surface area contributed by atoms with Crippen molar-refractivity contribution in [2.75, 3.05) is 5.32 Å². The molecule has 10 heteroatoms. The molecule has 0 aliphatic heterocycles. The molecular weight excluding hydrogens is 474 g/mol. The van der Waals surface area contributed by atoms with E-state index >= 15 is 0 Å². The van der Waals surface area contributed by atoms with Gasteiger partial charge in [-0.05, 0) is 51.1 Å². The number of hydrogen-bond acceptors (Lipinski definition) is 7. The largest absolute Gasteiger partial charge is 0.328 e. The van der Waals surface area contributed by atoms with Crippen molar-refractivity contribution in [3.8, 4) is 0 Å². The third-order valence-corrected chi connectivity index (χ3v) is 6.73. The van der Waals surface area contributed by atoms with Crippen LogP contribution in [0.25, 0.3) is 21.8 Å². The Labute approximate surface area is 211 Å². The maximum atomic E-state index is 12.8. The first kappa shape index (κ1) is 23.7. The van der Waals surface area contributed by atoms with E-state index in [4.69, 9.17) is 4.98 Å². The van der Waals surface area contributed by atoms with Crippen LogP contribution in [0.1, 0.15) is 24.1 Å². The number of carbonyl (C=O) groups excluding carboxylic acids is 1. The Morgan fingerprint density at radius 1 is 1.06 bits per heavy atom. The number of nitrogens with one attached hydrogen (secondary N) is 1. The van der Waals surface area contributed by atoms with Crippen molar-refractivity contribution in [1.29, 1.82) is 0 Å². The molecule has 2 aromatic carbocycles. The monoisotopic (exact) mass is 499 g/mol. The Morgan fingerprint density at radius 3 is 2.64 bits per heavy atom. The molecule has 5 rings (SSSR count). The van der Waals surface area contributed by atoms with Gasteiger partial charge in [0.1, 0.15) is 12.4 Å². The van der Waals surface area contributed by atoms with Gasteiger partial charge >= 0.3 is 0 Å². The number of fused-ring (bicyclic) bond motifs is 2. The highest BCUT2D eigenvalue weighted by Gasteiger charge is 2.14. The van der Waals surface area contributed by atoms with Gasteiger partial charge in [0.2, 0.25) is 5.91 Å². The minimum Gasteiger partial charge on any atom is -0.328 e. The topological polar surface area (TPSA) is 108 Å². The Kier molecular flexibility index (Phi) is 6.51. The van der Waals surface area contributed by atoms with E-state index in [9.17, 15) is 9.59 Å². The number of imidazole rings is 1. The predicted octanol–water partition coefficient (Wildman–Crippen LogP) is 4.10. The van der Waals surface area contributed by atoms with Crippen LogP contribution in [-0.2, 0) is 23.6 Å². The molecule has 36 heavy (non-hydrogen) atoms. The quantitative estimate of drug-likeness (QED) is 0.265. The summed E-state index contributed by atoms with van der Waals surface area (Å²) in [6.07, 6.45) is 1.76. The van der Waals surface area contributed by atoms with Gasteiger partial charge in [0.15, 0.2) is 5.16 Å². The van der Waals surface area contributed by atoms with E-state index < -0.39 is 0 Å². The number of anilines is 1. The molecule has 3 heterocycles. The van der Waals surface area contributed by atoms with E-state index in [0.717, 1.165) is 34.5 Å². The van der Waals surface area contributed by atoms with Gasteiger partial charge in [-0.15, -0.1) is 0 Å². The van der Waals surface area contributed by atoms with Crippen LogP contribution in [0.2, 0.25) is 0 Å². The third kappa shape index (κ3) is 4.72. The van der Waals surface area contributed by atoms with Gasteiger partial charge in [-0.3, -0.25) is 9.59 Å². The second-order valence-corrected chi connectivity index (χ2v) is 9.33. The minimum absolute atomic E-state index is 0.176. The molecule has 0 spiro atoms. The molecular formula is C26H25N7O2S. The van der Waals surface area contributed by atoms with Crippen LogP contribution in [0.15, 0.2) is 64.7 Å². The van der Waals surface area contributed by atoms with Crippen molar-refractivity contribution in [2.24, 2.45) is 0 Å². The number of rotatable bonds is 7. The van der Waals surface area contributed by atoms with Gasteiger partial charge in [-0.1, -0.05) is 30.0 Å². The van der Waals surface area contributed by atoms with Crippen molar-refractivity contribution in [1.82, 2.24) is 29.3 Å². The normalized spacial score (nSPS) is 11.3. The summed E-state index contributed by atoms with van der Waals surface area (Å²) >= 11 is 1.54. The Bertz CT molecular complexity index is 1660. The summed E-state index contributed by atoms with van der Waals surface area (Å²) in [6.45, 7) is 6.43. The number of aromatic nitrogens is 6. The lowest BCUT2D eigenvalue weighted by Crippen LogP contribution is -2.30. The molecule has 0 atom stereocenters. The number of aryl methyl sites for hydroxylation is 3. The van der Waals surface area contributed by atoms with Gasteiger partial charge < -0.3 is 9.88 Å². The SMILES string of the molecule is CCn1c(CSc2nccc(C)n2)nc2cc(NC(=O)Cn3nc(C)c4ccccc4c3=O)ccc21. The standard InChI is InChI=1S/C26H25N7O2S/c1-4-32-22-10-9-18(13-21(22)30-23(32)15-36-26-27-12-11-16(2)28-26)29-24(34)14-33-25(35)20-8-6-5-7-19(20)17(3)31-33/h5-13H,4,14-15H2,1-3H3,(H,29,34). The first-order valence-corrected chi connectivity index (χ1v) is 12.6. The molecule has 0 bridgehead atoms. The van der Waals surface area contributed by atoms with Gasteiger partial charge in [0.05, 0.1) is 27.9 Å². The average Bonchev–Trinajstić information content (AvgIpc) is 3.22. The first-order chi connectivity index (χ1) is 17.4. The molecule has 0 fully saturated rings. The number of thioether (sulfide) groups is 1. The Balaban J connectivity index is 1.34. The summed E-state index contributed by atoms with van der Waals surface area (Å²) in [5.41, 5.74) is 3.72. The molecule has 0 saturated heterocycles. The summed E-state index contributed by atoms with van der Waals surface area (Å²) in [7, 11) is 0. The second kappa shape index (κ2) is 9.90. The minimum atomic E-state index is -0.332. The highest BCUT2D eigenvalue weighted by Crippen LogP contribution is 2.25. The number of amides is 1. The summed E-state index contributed by atoms with van der Waals surface area (Å²) < 4.78 is 3.35. The van der Waals surface area contributed by atoms with Crippen LogP contribution in [0, 0.1) is 13.8 Å². The molecule has 0 unspecified atom stereocenters. The molecule has 0 radical (unpaired) electrons. The fourth-order valence-corrected chi connectivity index (χ4v) is 5.02. The number of carbonyl (C=O) groups is 1. The Morgan fingerprint density at radius 2 is 1.86 bits per heavy atom. The van der Waals surface area contributed by atoms with Crippen LogP contribution >= 0.6 is 11.8 Å². The van der Waals surface area contributed by atoms with Gasteiger partial charge in [-0.2, -0.15) is 5.10 Å². The van der Waals surface area contributed by atoms with Crippen molar-refractivity contribution >= 4 is 45.2 Å². The average molecular weight is 500 g/mol. The lowest BCUT2D eigenvalue weighted by Gasteiger charge is -2.10. The van der Waals surface area contributed by atoms with Crippen LogP contribution in [0.4, 0.5) is 5.69 Å². The third-order valence-electron chi connectivity index (χ3n) is 5.88. The van der Waals surface area contributed by atoms with Crippen LogP contribution in [0.3, 0.4) is 0 Å². The molecule has 0 aliphatic rings. The van der Waals surface area contributed by atoms with Crippen molar-refractivity contribution in [2.45, 2.75) is 44.8 Å². The molecule has 1 amide bonds. The highest BCUT2D eigenvalue weighted by atomic mass is 32.2. The fraction of sp³-hybridized carbons (Fsp3) is 0.231. The smallest absolute Gasteiger partial charge is 0.275 e. The number of hydrogen-bond donors (Lipinski definition) is 1. The summed E-state index contributed by atoms with van der Waals surface area (Å²) in [6, 6.07) is 14.8. The maximum Gasteiger partial charge on any atom is 0.275 e. The van der Waals surface area contributed by atoms with Gasteiger partial charge in [-0.25, -0.2) is 19.6 Å². The molecule has 1 N–H and O–H groups in total. The van der Waals surface area contributed by atoms with Crippen LogP contribution < -0.4 is 10.9 Å². The van der Waals surface area contributed by atoms with Crippen LogP contribution in [0.5, 0.6) is 0 Å². The number of benzene rings is 2. The van der Waals surface area contributed by atoms with Crippen LogP contribution in [-0.4, -0.2) is 35.2 Å². The van der Waals surface area contributed by atoms with E-state index in [1.165, 1.54) is 16.4 Å². The van der Waals surface area contributed by atoms with E-state index in [-0.39, 0.29) is 18.0 Å².